The van der Waals surface area contributed by atoms with E-state index in [4.69, 9.17) is 15.6 Å². The Morgan fingerprint density at radius 1 is 1.00 bits per heavy atom. The fourth-order valence-corrected chi connectivity index (χ4v) is 4.80. The summed E-state index contributed by atoms with van der Waals surface area (Å²) < 4.78 is 5.99. The lowest BCUT2D eigenvalue weighted by molar-refractivity contribution is 0.0326. The number of aliphatic hydroxyl groups is 1. The molecule has 1 aromatic carbocycles. The number of aryl methyl sites for hydroxylation is 1. The van der Waals surface area contributed by atoms with E-state index < -0.39 is 0 Å². The number of anilines is 1. The first-order valence-corrected chi connectivity index (χ1v) is 10.4. The smallest absolute Gasteiger partial charge is 0.152 e. The average molecular weight is 381 g/mol. The number of nitrogens with zero attached hydrogens (tertiary/aromatic N) is 2. The maximum absolute atomic E-state index is 10.8. The van der Waals surface area contributed by atoms with Gasteiger partial charge in [-0.05, 0) is 74.1 Å². The second-order valence-electron chi connectivity index (χ2n) is 8.39. The highest BCUT2D eigenvalue weighted by molar-refractivity contribution is 5.75. The van der Waals surface area contributed by atoms with E-state index in [2.05, 4.69) is 16.3 Å². The summed E-state index contributed by atoms with van der Waals surface area (Å²) in [7, 11) is 0. The van der Waals surface area contributed by atoms with Gasteiger partial charge in [-0.2, -0.15) is 0 Å². The third kappa shape index (κ3) is 2.95. The van der Waals surface area contributed by atoms with E-state index in [1.165, 1.54) is 12.0 Å². The van der Waals surface area contributed by atoms with Crippen molar-refractivity contribution in [2.75, 3.05) is 5.73 Å². The molecule has 6 heteroatoms. The molecule has 2 atom stereocenters. The van der Waals surface area contributed by atoms with Crippen LogP contribution in [0.1, 0.15) is 66.9 Å². The predicted octanol–water partition coefficient (Wildman–Crippen LogP) is 3.23. The molecule has 1 saturated carbocycles. The van der Waals surface area contributed by atoms with Crippen molar-refractivity contribution >= 4 is 5.82 Å². The van der Waals surface area contributed by atoms with Crippen molar-refractivity contribution in [1.29, 1.82) is 0 Å². The first-order valence-electron chi connectivity index (χ1n) is 10.4. The number of ether oxygens (including phenoxy) is 1. The van der Waals surface area contributed by atoms with Crippen LogP contribution in [0.25, 0.3) is 11.3 Å². The molecule has 2 bridgehead atoms. The maximum Gasteiger partial charge on any atom is 0.152 e. The standard InChI is InChI=1S/C18H19N3O2.C4H8O/c19-18-15-13(8-10-5-7-14(15)23-10)16(20-21-18)12-6-4-9-2-1-3-11(9)17(12)22;5-4-2-1-3-4/h4,6,10,14,22H,1-3,5,7-8H2,(H2,19,21);4-5H,1-3H2/t10-,14+;/m0./s1. The lowest BCUT2D eigenvalue weighted by Crippen LogP contribution is -2.21. The summed E-state index contributed by atoms with van der Waals surface area (Å²) in [5.41, 5.74) is 12.1. The highest BCUT2D eigenvalue weighted by Crippen LogP contribution is 2.47. The zero-order chi connectivity index (χ0) is 19.3. The summed E-state index contributed by atoms with van der Waals surface area (Å²) in [6.07, 6.45) is 9.60. The van der Waals surface area contributed by atoms with Gasteiger partial charge in [0.1, 0.15) is 11.4 Å². The molecule has 3 heterocycles. The third-order valence-corrected chi connectivity index (χ3v) is 6.59. The van der Waals surface area contributed by atoms with Gasteiger partial charge in [0, 0.05) is 17.5 Å². The third-order valence-electron chi connectivity index (χ3n) is 6.59. The molecule has 0 unspecified atom stereocenters. The number of aliphatic hydroxyl groups excluding tert-OH is 1. The minimum Gasteiger partial charge on any atom is -0.507 e. The summed E-state index contributed by atoms with van der Waals surface area (Å²) in [6, 6.07) is 4.10. The maximum atomic E-state index is 10.8. The summed E-state index contributed by atoms with van der Waals surface area (Å²) in [4.78, 5) is 0. The molecule has 0 spiro atoms. The lowest BCUT2D eigenvalue weighted by Gasteiger charge is -2.26. The lowest BCUT2D eigenvalue weighted by atomic mass is 9.92. The molecule has 148 valence electrons. The monoisotopic (exact) mass is 381 g/mol. The molecule has 1 saturated heterocycles. The van der Waals surface area contributed by atoms with Crippen molar-refractivity contribution in [3.63, 3.8) is 0 Å². The quantitative estimate of drug-likeness (QED) is 0.701. The normalized spacial score (nSPS) is 24.8. The van der Waals surface area contributed by atoms with E-state index in [0.29, 0.717) is 11.6 Å². The van der Waals surface area contributed by atoms with Crippen LogP contribution in [-0.4, -0.2) is 32.6 Å². The zero-order valence-corrected chi connectivity index (χ0v) is 16.0. The van der Waals surface area contributed by atoms with E-state index >= 15 is 0 Å². The largest absolute Gasteiger partial charge is 0.507 e. The van der Waals surface area contributed by atoms with Gasteiger partial charge in [0.25, 0.3) is 0 Å². The van der Waals surface area contributed by atoms with E-state index in [9.17, 15) is 5.11 Å². The van der Waals surface area contributed by atoms with Gasteiger partial charge in [0.15, 0.2) is 5.82 Å². The van der Waals surface area contributed by atoms with Crippen molar-refractivity contribution in [2.45, 2.75) is 76.1 Å². The van der Waals surface area contributed by atoms with Crippen LogP contribution in [-0.2, 0) is 24.0 Å². The van der Waals surface area contributed by atoms with Crippen molar-refractivity contribution in [2.24, 2.45) is 0 Å². The predicted molar refractivity (Wildman–Crippen MR) is 106 cm³/mol. The van der Waals surface area contributed by atoms with Crippen molar-refractivity contribution < 1.29 is 14.9 Å². The van der Waals surface area contributed by atoms with Crippen LogP contribution in [0.5, 0.6) is 5.75 Å². The van der Waals surface area contributed by atoms with Crippen molar-refractivity contribution in [1.82, 2.24) is 10.2 Å². The number of phenols is 1. The fraction of sp³-hybridized carbons (Fsp3) is 0.545. The van der Waals surface area contributed by atoms with Crippen LogP contribution in [0, 0.1) is 0 Å². The van der Waals surface area contributed by atoms with Gasteiger partial charge < -0.3 is 20.7 Å². The number of aromatic nitrogens is 2. The number of hydrogen-bond donors (Lipinski definition) is 3. The van der Waals surface area contributed by atoms with Crippen molar-refractivity contribution in [3.8, 4) is 17.0 Å². The Balaban J connectivity index is 0.000000300. The second-order valence-corrected chi connectivity index (χ2v) is 8.39. The summed E-state index contributed by atoms with van der Waals surface area (Å²) >= 11 is 0. The number of fused-ring (bicyclic) bond motifs is 5. The van der Waals surface area contributed by atoms with Gasteiger partial charge in [0.05, 0.1) is 18.3 Å². The van der Waals surface area contributed by atoms with Crippen LogP contribution in [0.4, 0.5) is 5.82 Å². The van der Waals surface area contributed by atoms with Gasteiger partial charge in [-0.3, -0.25) is 0 Å². The number of nitrogens with two attached hydrogens (primary N) is 1. The number of aromatic hydroxyl groups is 1. The minimum absolute atomic E-state index is 0.0366. The molecule has 28 heavy (non-hydrogen) atoms. The zero-order valence-electron chi connectivity index (χ0n) is 16.0. The van der Waals surface area contributed by atoms with Gasteiger partial charge >= 0.3 is 0 Å². The first kappa shape index (κ1) is 17.9. The van der Waals surface area contributed by atoms with E-state index in [0.717, 1.165) is 79.3 Å². The minimum atomic E-state index is 0.0366. The molecule has 2 aromatic rings. The number of benzene rings is 1. The number of nitrogen functional groups attached to an aromatic ring is 1. The first-order chi connectivity index (χ1) is 13.6. The molecule has 4 aliphatic rings. The fourth-order valence-electron chi connectivity index (χ4n) is 4.80. The summed E-state index contributed by atoms with van der Waals surface area (Å²) in [5, 5.41) is 27.7. The number of phenolic OH excluding ortho intramolecular Hbond substituents is 1. The Kier molecular flexibility index (Phi) is 4.48. The van der Waals surface area contributed by atoms with Gasteiger partial charge in [-0.15, -0.1) is 10.2 Å². The van der Waals surface area contributed by atoms with Crippen LogP contribution in [0.3, 0.4) is 0 Å². The van der Waals surface area contributed by atoms with Gasteiger partial charge in [-0.1, -0.05) is 6.07 Å². The van der Waals surface area contributed by atoms with Crippen LogP contribution < -0.4 is 5.73 Å². The highest BCUT2D eigenvalue weighted by atomic mass is 16.5. The summed E-state index contributed by atoms with van der Waals surface area (Å²) in [6.45, 7) is 0. The molecule has 1 aromatic heterocycles. The molecular weight excluding hydrogens is 354 g/mol. The van der Waals surface area contributed by atoms with Gasteiger partial charge in [-0.25, -0.2) is 0 Å². The number of rotatable bonds is 1. The van der Waals surface area contributed by atoms with Crippen molar-refractivity contribution in [3.05, 3.63) is 34.4 Å². The average Bonchev–Trinajstić information content (AvgIpc) is 3.29. The molecule has 2 aliphatic carbocycles. The van der Waals surface area contributed by atoms with Crippen LogP contribution in [0.2, 0.25) is 0 Å². The second kappa shape index (κ2) is 7.01. The highest BCUT2D eigenvalue weighted by Gasteiger charge is 2.38. The van der Waals surface area contributed by atoms with Crippen LogP contribution >= 0.6 is 0 Å². The Morgan fingerprint density at radius 3 is 2.57 bits per heavy atom. The molecular formula is C22H27N3O3. The Bertz CT molecular complexity index is 910. The molecule has 0 radical (unpaired) electrons. The number of hydrogen-bond acceptors (Lipinski definition) is 6. The topological polar surface area (TPSA) is 101 Å². The van der Waals surface area contributed by atoms with E-state index in [-0.39, 0.29) is 18.3 Å². The molecule has 4 N–H and O–H groups in total. The molecule has 0 amide bonds. The Hall–Kier alpha value is -2.18. The SMILES string of the molecule is Nc1nnc(-c2ccc3c(c2O)CCC3)c2c1[C@H]1CC[C@@H](C2)O1.OC1CCC1. The van der Waals surface area contributed by atoms with E-state index in [1.807, 2.05) is 6.07 Å². The summed E-state index contributed by atoms with van der Waals surface area (Å²) in [5.74, 6) is 0.842. The molecule has 2 fully saturated rings. The molecule has 6 nitrogen and oxygen atoms in total. The van der Waals surface area contributed by atoms with E-state index in [1.54, 1.807) is 0 Å². The van der Waals surface area contributed by atoms with Crippen LogP contribution in [0.15, 0.2) is 12.1 Å². The Labute approximate surface area is 164 Å². The van der Waals surface area contributed by atoms with Gasteiger partial charge in [0.2, 0.25) is 0 Å². The molecule has 2 aliphatic heterocycles. The molecule has 6 rings (SSSR count). The Morgan fingerprint density at radius 2 is 1.82 bits per heavy atom.